The standard InChI is InChI=1S/C7H11O3/c1-4(2)6-5(3)9-7(8)10-6/h4-6H,3H2,1-2H3. The molecule has 3 nitrogen and oxygen atoms in total. The maximum atomic E-state index is 10.5. The molecule has 0 amide bonds. The van der Waals surface area contributed by atoms with E-state index in [2.05, 4.69) is 11.7 Å². The normalized spacial score (nSPS) is 32.2. The average molecular weight is 143 g/mol. The van der Waals surface area contributed by atoms with Crippen molar-refractivity contribution in [2.24, 2.45) is 5.92 Å². The van der Waals surface area contributed by atoms with Crippen LogP contribution in [-0.4, -0.2) is 18.4 Å². The fourth-order valence-electron chi connectivity index (χ4n) is 0.971. The van der Waals surface area contributed by atoms with Crippen molar-refractivity contribution in [1.82, 2.24) is 0 Å². The fourth-order valence-corrected chi connectivity index (χ4v) is 0.971. The Kier molecular flexibility index (Phi) is 1.83. The molecular formula is C7H11O3. The van der Waals surface area contributed by atoms with E-state index in [1.165, 1.54) is 0 Å². The Balaban J connectivity index is 2.54. The van der Waals surface area contributed by atoms with E-state index in [1.807, 2.05) is 13.8 Å². The second kappa shape index (κ2) is 2.48. The van der Waals surface area contributed by atoms with Crippen LogP contribution < -0.4 is 0 Å². The van der Waals surface area contributed by atoms with Gasteiger partial charge in [-0.1, -0.05) is 13.8 Å². The molecule has 0 bridgehead atoms. The first-order valence-electron chi connectivity index (χ1n) is 3.31. The molecule has 57 valence electrons. The zero-order valence-corrected chi connectivity index (χ0v) is 6.16. The van der Waals surface area contributed by atoms with Gasteiger partial charge < -0.3 is 9.47 Å². The summed E-state index contributed by atoms with van der Waals surface area (Å²) in [6, 6.07) is 0. The molecular weight excluding hydrogens is 132 g/mol. The number of rotatable bonds is 1. The molecule has 1 fully saturated rings. The van der Waals surface area contributed by atoms with Gasteiger partial charge in [0.2, 0.25) is 0 Å². The van der Waals surface area contributed by atoms with Crippen LogP contribution in [0, 0.1) is 12.8 Å². The molecule has 1 aliphatic heterocycles. The van der Waals surface area contributed by atoms with E-state index >= 15 is 0 Å². The van der Waals surface area contributed by atoms with E-state index in [0.29, 0.717) is 0 Å². The van der Waals surface area contributed by atoms with Crippen molar-refractivity contribution >= 4 is 6.16 Å². The minimum atomic E-state index is -0.598. The highest BCUT2D eigenvalue weighted by Gasteiger charge is 2.35. The van der Waals surface area contributed by atoms with Crippen LogP contribution in [0.1, 0.15) is 13.8 Å². The first kappa shape index (κ1) is 7.38. The minimum Gasteiger partial charge on any atom is -0.427 e. The number of carbonyl (C=O) groups excluding carboxylic acids is 1. The molecule has 2 unspecified atom stereocenters. The van der Waals surface area contributed by atoms with Gasteiger partial charge in [-0.05, 0) is 12.8 Å². The predicted molar refractivity (Wildman–Crippen MR) is 35.3 cm³/mol. The third-order valence-corrected chi connectivity index (χ3v) is 1.50. The van der Waals surface area contributed by atoms with Gasteiger partial charge in [-0.15, -0.1) is 0 Å². The summed E-state index contributed by atoms with van der Waals surface area (Å²) in [7, 11) is 0. The van der Waals surface area contributed by atoms with Crippen LogP contribution in [0.2, 0.25) is 0 Å². The van der Waals surface area contributed by atoms with Gasteiger partial charge in [-0.3, -0.25) is 0 Å². The lowest BCUT2D eigenvalue weighted by molar-refractivity contribution is 0.104. The summed E-state index contributed by atoms with van der Waals surface area (Å²) in [5, 5.41) is 0. The minimum absolute atomic E-state index is 0.174. The number of hydrogen-bond acceptors (Lipinski definition) is 3. The zero-order valence-electron chi connectivity index (χ0n) is 6.16. The van der Waals surface area contributed by atoms with Gasteiger partial charge >= 0.3 is 6.16 Å². The Morgan fingerprint density at radius 2 is 2.10 bits per heavy atom. The molecule has 0 aromatic rings. The van der Waals surface area contributed by atoms with Gasteiger partial charge in [0.15, 0.2) is 0 Å². The summed E-state index contributed by atoms with van der Waals surface area (Å²) in [5.74, 6) is 0.272. The Hall–Kier alpha value is -0.730. The smallest absolute Gasteiger partial charge is 0.427 e. The largest absolute Gasteiger partial charge is 0.509 e. The van der Waals surface area contributed by atoms with Crippen molar-refractivity contribution in [2.45, 2.75) is 26.1 Å². The third kappa shape index (κ3) is 1.23. The molecule has 1 rings (SSSR count). The number of hydrogen-bond donors (Lipinski definition) is 0. The van der Waals surface area contributed by atoms with E-state index < -0.39 is 6.16 Å². The van der Waals surface area contributed by atoms with Crippen molar-refractivity contribution in [1.29, 1.82) is 0 Å². The van der Waals surface area contributed by atoms with Crippen LogP contribution in [0.25, 0.3) is 0 Å². The number of ether oxygens (including phenoxy) is 2. The van der Waals surface area contributed by atoms with E-state index in [-0.39, 0.29) is 18.1 Å². The molecule has 3 heteroatoms. The molecule has 1 heterocycles. The Morgan fingerprint density at radius 1 is 1.50 bits per heavy atom. The highest BCUT2D eigenvalue weighted by molar-refractivity contribution is 5.62. The van der Waals surface area contributed by atoms with E-state index in [4.69, 9.17) is 4.74 Å². The Labute approximate surface area is 60.3 Å². The highest BCUT2D eigenvalue weighted by Crippen LogP contribution is 2.20. The summed E-state index contributed by atoms with van der Waals surface area (Å²) in [5.41, 5.74) is 0. The summed E-state index contributed by atoms with van der Waals surface area (Å²) in [4.78, 5) is 10.5. The van der Waals surface area contributed by atoms with E-state index in [0.717, 1.165) is 0 Å². The van der Waals surface area contributed by atoms with Crippen LogP contribution in [-0.2, 0) is 9.47 Å². The summed E-state index contributed by atoms with van der Waals surface area (Å²) in [6.45, 7) is 7.55. The second-order valence-electron chi connectivity index (χ2n) is 2.73. The number of carbonyl (C=O) groups is 1. The van der Waals surface area contributed by atoms with Crippen LogP contribution >= 0.6 is 0 Å². The predicted octanol–water partition coefficient (Wildman–Crippen LogP) is 1.38. The zero-order chi connectivity index (χ0) is 7.72. The summed E-state index contributed by atoms with van der Waals surface area (Å²) >= 11 is 0. The lowest BCUT2D eigenvalue weighted by Crippen LogP contribution is -2.25. The lowest BCUT2D eigenvalue weighted by atomic mass is 10.0. The van der Waals surface area contributed by atoms with Crippen LogP contribution in [0.5, 0.6) is 0 Å². The van der Waals surface area contributed by atoms with Crippen molar-refractivity contribution in [3.63, 3.8) is 0 Å². The Bertz CT molecular complexity index is 142. The quantitative estimate of drug-likeness (QED) is 0.520. The molecule has 0 aromatic heterocycles. The summed E-state index contributed by atoms with van der Waals surface area (Å²) in [6.07, 6.45) is -1.11. The van der Waals surface area contributed by atoms with Gasteiger partial charge in [0, 0.05) is 0 Å². The highest BCUT2D eigenvalue weighted by atomic mass is 16.8. The lowest BCUT2D eigenvalue weighted by Gasteiger charge is -2.13. The molecule has 1 aliphatic rings. The maximum absolute atomic E-state index is 10.5. The van der Waals surface area contributed by atoms with E-state index in [1.54, 1.807) is 0 Å². The van der Waals surface area contributed by atoms with Crippen molar-refractivity contribution in [3.8, 4) is 0 Å². The molecule has 10 heavy (non-hydrogen) atoms. The first-order valence-corrected chi connectivity index (χ1v) is 3.31. The van der Waals surface area contributed by atoms with Crippen LogP contribution in [0.3, 0.4) is 0 Å². The van der Waals surface area contributed by atoms with Crippen LogP contribution in [0.15, 0.2) is 0 Å². The van der Waals surface area contributed by atoms with Gasteiger partial charge in [0.1, 0.15) is 12.2 Å². The van der Waals surface area contributed by atoms with E-state index in [9.17, 15) is 4.79 Å². The van der Waals surface area contributed by atoms with Crippen molar-refractivity contribution in [2.75, 3.05) is 0 Å². The van der Waals surface area contributed by atoms with Gasteiger partial charge in [0.25, 0.3) is 0 Å². The first-order chi connectivity index (χ1) is 4.61. The average Bonchev–Trinajstić information content (AvgIpc) is 2.10. The van der Waals surface area contributed by atoms with Crippen LogP contribution in [0.4, 0.5) is 4.79 Å². The van der Waals surface area contributed by atoms with Gasteiger partial charge in [-0.25, -0.2) is 4.79 Å². The van der Waals surface area contributed by atoms with Crippen molar-refractivity contribution < 1.29 is 14.3 Å². The topological polar surface area (TPSA) is 35.5 Å². The van der Waals surface area contributed by atoms with Crippen molar-refractivity contribution in [3.05, 3.63) is 6.92 Å². The third-order valence-electron chi connectivity index (χ3n) is 1.50. The SMILES string of the molecule is [CH2]C1OC(=O)OC1C(C)C. The number of cyclic esters (lactones) is 2. The molecule has 0 aliphatic carbocycles. The molecule has 0 aromatic carbocycles. The Morgan fingerprint density at radius 3 is 2.30 bits per heavy atom. The molecule has 0 saturated carbocycles. The molecule has 0 spiro atoms. The maximum Gasteiger partial charge on any atom is 0.509 e. The molecule has 0 N–H and O–H groups in total. The molecule has 2 atom stereocenters. The molecule has 1 saturated heterocycles. The second-order valence-corrected chi connectivity index (χ2v) is 2.73. The van der Waals surface area contributed by atoms with Gasteiger partial charge in [0.05, 0.1) is 0 Å². The van der Waals surface area contributed by atoms with Gasteiger partial charge in [-0.2, -0.15) is 0 Å². The summed E-state index contributed by atoms with van der Waals surface area (Å²) < 4.78 is 9.47. The fraction of sp³-hybridized carbons (Fsp3) is 0.714. The molecule has 1 radical (unpaired) electrons. The monoisotopic (exact) mass is 143 g/mol.